The Morgan fingerprint density at radius 3 is 2.42 bits per heavy atom. The summed E-state index contributed by atoms with van der Waals surface area (Å²) in [4.78, 5) is 11.9. The molecule has 0 radical (unpaired) electrons. The highest BCUT2D eigenvalue weighted by molar-refractivity contribution is 7.99. The van der Waals surface area contributed by atoms with E-state index in [9.17, 15) is 9.90 Å². The third-order valence-corrected chi connectivity index (χ3v) is 4.04. The molecule has 0 rings (SSSR count). The van der Waals surface area contributed by atoms with Crippen molar-refractivity contribution < 1.29 is 19.7 Å². The molecule has 3 unspecified atom stereocenters. The first-order valence-corrected chi connectivity index (χ1v) is 7.56. The van der Waals surface area contributed by atoms with Gasteiger partial charge in [-0.2, -0.15) is 11.8 Å². The summed E-state index contributed by atoms with van der Waals surface area (Å²) in [5.74, 6) is 0.174. The summed E-state index contributed by atoms with van der Waals surface area (Å²) in [5.41, 5.74) is -0.737. The van der Waals surface area contributed by atoms with E-state index in [0.717, 1.165) is 0 Å². The number of aliphatic hydroxyl groups is 2. The summed E-state index contributed by atoms with van der Waals surface area (Å²) in [7, 11) is 1.38. The summed E-state index contributed by atoms with van der Waals surface area (Å²) in [5, 5.41) is 21.5. The van der Waals surface area contributed by atoms with Crippen molar-refractivity contribution in [1.29, 1.82) is 0 Å². The predicted molar refractivity (Wildman–Crippen MR) is 78.3 cm³/mol. The Morgan fingerprint density at radius 2 is 2.00 bits per heavy atom. The predicted octanol–water partition coefficient (Wildman–Crippen LogP) is 0.781. The highest BCUT2D eigenvalue weighted by Crippen LogP contribution is 2.24. The van der Waals surface area contributed by atoms with Crippen LogP contribution in [-0.2, 0) is 9.53 Å². The fourth-order valence-electron chi connectivity index (χ4n) is 2.03. The maximum Gasteiger partial charge on any atom is 0.325 e. The second kappa shape index (κ2) is 8.79. The highest BCUT2D eigenvalue weighted by atomic mass is 32.2. The zero-order valence-corrected chi connectivity index (χ0v) is 13.3. The van der Waals surface area contributed by atoms with Gasteiger partial charge in [0.05, 0.1) is 19.8 Å². The van der Waals surface area contributed by atoms with Gasteiger partial charge in [-0.15, -0.1) is 0 Å². The maximum atomic E-state index is 11.9. The number of aliphatic hydroxyl groups excluding tert-OH is 2. The van der Waals surface area contributed by atoms with Crippen LogP contribution in [0, 0.1) is 0 Å². The van der Waals surface area contributed by atoms with E-state index >= 15 is 0 Å². The molecule has 114 valence electrons. The van der Waals surface area contributed by atoms with Crippen molar-refractivity contribution in [2.45, 2.75) is 57.1 Å². The monoisotopic (exact) mass is 293 g/mol. The number of ether oxygens (including phenoxy) is 1. The van der Waals surface area contributed by atoms with Crippen molar-refractivity contribution in [1.82, 2.24) is 5.32 Å². The molecule has 0 aliphatic rings. The summed E-state index contributed by atoms with van der Waals surface area (Å²) in [6.45, 7) is 7.55. The Morgan fingerprint density at radius 1 is 1.42 bits per heavy atom. The molecule has 0 aromatic heterocycles. The Labute approximate surface area is 120 Å². The molecule has 0 spiro atoms. The number of thioether (sulfide) groups is 1. The van der Waals surface area contributed by atoms with E-state index in [1.807, 2.05) is 27.7 Å². The Kier molecular flexibility index (Phi) is 8.65. The van der Waals surface area contributed by atoms with Crippen LogP contribution in [-0.4, -0.2) is 58.6 Å². The number of methoxy groups -OCH3 is 1. The van der Waals surface area contributed by atoms with Gasteiger partial charge in [0.1, 0.15) is 5.54 Å². The Hall–Kier alpha value is -0.300. The minimum atomic E-state index is -0.737. The summed E-state index contributed by atoms with van der Waals surface area (Å²) >= 11 is 1.53. The molecule has 0 saturated carbocycles. The lowest BCUT2D eigenvalue weighted by Crippen LogP contribution is -2.54. The fourth-order valence-corrected chi connectivity index (χ4v) is 3.13. The summed E-state index contributed by atoms with van der Waals surface area (Å²) in [6, 6.07) is 0.171. The molecular formula is C13H27NO4S. The van der Waals surface area contributed by atoms with Crippen LogP contribution in [0.1, 0.15) is 34.1 Å². The van der Waals surface area contributed by atoms with Gasteiger partial charge < -0.3 is 14.9 Å². The molecule has 0 aromatic rings. The summed E-state index contributed by atoms with van der Waals surface area (Å²) < 4.78 is 4.86. The van der Waals surface area contributed by atoms with Gasteiger partial charge in [0, 0.05) is 17.0 Å². The Balaban J connectivity index is 4.51. The largest absolute Gasteiger partial charge is 0.468 e. The van der Waals surface area contributed by atoms with Gasteiger partial charge in [-0.1, -0.05) is 6.92 Å². The van der Waals surface area contributed by atoms with Crippen molar-refractivity contribution in [3.63, 3.8) is 0 Å². The van der Waals surface area contributed by atoms with Crippen molar-refractivity contribution >= 4 is 17.7 Å². The topological polar surface area (TPSA) is 78.8 Å². The molecular weight excluding hydrogens is 266 g/mol. The number of nitrogens with one attached hydrogen (secondary N) is 1. The normalized spacial score (nSPS) is 17.9. The standard InChI is InChI=1S/C13H27NO4S/c1-9(2)14-13(4,12(17)18-5)6-10(3)19-8-11(16)7-15/h9-11,14-16H,6-8H2,1-5H3. The van der Waals surface area contributed by atoms with Gasteiger partial charge in [0.25, 0.3) is 0 Å². The molecule has 0 amide bonds. The van der Waals surface area contributed by atoms with Gasteiger partial charge in [-0.3, -0.25) is 10.1 Å². The van der Waals surface area contributed by atoms with E-state index in [-0.39, 0.29) is 23.9 Å². The van der Waals surface area contributed by atoms with Crippen LogP contribution in [0.3, 0.4) is 0 Å². The van der Waals surface area contributed by atoms with E-state index in [0.29, 0.717) is 12.2 Å². The maximum absolute atomic E-state index is 11.9. The number of carbonyl (C=O) groups excluding carboxylic acids is 1. The third kappa shape index (κ3) is 7.15. The first-order chi connectivity index (χ1) is 8.75. The van der Waals surface area contributed by atoms with Gasteiger partial charge in [0.2, 0.25) is 0 Å². The number of carbonyl (C=O) groups is 1. The number of hydrogen-bond donors (Lipinski definition) is 3. The van der Waals surface area contributed by atoms with Gasteiger partial charge in [-0.25, -0.2) is 0 Å². The second-order valence-corrected chi connectivity index (χ2v) is 6.78. The average Bonchev–Trinajstić information content (AvgIpc) is 2.33. The van der Waals surface area contributed by atoms with Gasteiger partial charge >= 0.3 is 5.97 Å². The second-order valence-electron chi connectivity index (χ2n) is 5.31. The van der Waals surface area contributed by atoms with Crippen molar-refractivity contribution in [2.24, 2.45) is 0 Å². The molecule has 5 nitrogen and oxygen atoms in total. The van der Waals surface area contributed by atoms with Crippen LogP contribution in [0.2, 0.25) is 0 Å². The van der Waals surface area contributed by atoms with E-state index in [2.05, 4.69) is 5.32 Å². The molecule has 6 heteroatoms. The van der Waals surface area contributed by atoms with Crippen molar-refractivity contribution in [2.75, 3.05) is 19.5 Å². The fraction of sp³-hybridized carbons (Fsp3) is 0.923. The van der Waals surface area contributed by atoms with Crippen LogP contribution in [0.25, 0.3) is 0 Å². The van der Waals surface area contributed by atoms with Crippen LogP contribution in [0.15, 0.2) is 0 Å². The third-order valence-electron chi connectivity index (χ3n) is 2.72. The Bertz CT molecular complexity index is 275. The lowest BCUT2D eigenvalue weighted by atomic mass is 9.95. The van der Waals surface area contributed by atoms with E-state index in [1.165, 1.54) is 18.9 Å². The van der Waals surface area contributed by atoms with E-state index in [1.54, 1.807) is 0 Å². The van der Waals surface area contributed by atoms with E-state index in [4.69, 9.17) is 9.84 Å². The smallest absolute Gasteiger partial charge is 0.325 e. The van der Waals surface area contributed by atoms with E-state index < -0.39 is 11.6 Å². The molecule has 3 N–H and O–H groups in total. The molecule has 0 fully saturated rings. The number of rotatable bonds is 9. The lowest BCUT2D eigenvalue weighted by Gasteiger charge is -2.32. The van der Waals surface area contributed by atoms with Crippen LogP contribution in [0.4, 0.5) is 0 Å². The molecule has 3 atom stereocenters. The molecule has 0 saturated heterocycles. The average molecular weight is 293 g/mol. The first-order valence-electron chi connectivity index (χ1n) is 6.51. The molecule has 0 heterocycles. The molecule has 0 bridgehead atoms. The highest BCUT2D eigenvalue weighted by Gasteiger charge is 2.36. The number of hydrogen-bond acceptors (Lipinski definition) is 6. The van der Waals surface area contributed by atoms with Crippen molar-refractivity contribution in [3.8, 4) is 0 Å². The minimum Gasteiger partial charge on any atom is -0.468 e. The molecule has 0 aromatic carbocycles. The van der Waals surface area contributed by atoms with Crippen LogP contribution in [0.5, 0.6) is 0 Å². The quantitative estimate of drug-likeness (QED) is 0.545. The zero-order chi connectivity index (χ0) is 15.1. The zero-order valence-electron chi connectivity index (χ0n) is 12.5. The minimum absolute atomic E-state index is 0.163. The van der Waals surface area contributed by atoms with Crippen LogP contribution >= 0.6 is 11.8 Å². The molecule has 0 aliphatic heterocycles. The van der Waals surface area contributed by atoms with Crippen LogP contribution < -0.4 is 5.32 Å². The lowest BCUT2D eigenvalue weighted by molar-refractivity contribution is -0.148. The SMILES string of the molecule is COC(=O)C(C)(CC(C)SCC(O)CO)NC(C)C. The summed E-state index contributed by atoms with van der Waals surface area (Å²) in [6.07, 6.45) is -0.115. The van der Waals surface area contributed by atoms with Gasteiger partial charge in [0.15, 0.2) is 0 Å². The first kappa shape index (κ1) is 18.7. The number of esters is 1. The molecule has 19 heavy (non-hydrogen) atoms. The molecule has 0 aliphatic carbocycles. The van der Waals surface area contributed by atoms with Crippen molar-refractivity contribution in [3.05, 3.63) is 0 Å². The van der Waals surface area contributed by atoms with Gasteiger partial charge in [-0.05, 0) is 27.2 Å².